The highest BCUT2D eigenvalue weighted by atomic mass is 16.1. The number of nitrogens with one attached hydrogen (secondary N) is 2. The van der Waals surface area contributed by atoms with Crippen molar-refractivity contribution >= 4 is 17.3 Å². The van der Waals surface area contributed by atoms with E-state index in [1.165, 1.54) is 5.56 Å². The lowest BCUT2D eigenvalue weighted by Gasteiger charge is -2.09. The van der Waals surface area contributed by atoms with Gasteiger partial charge in [-0.3, -0.25) is 9.78 Å². The molecule has 0 unspecified atom stereocenters. The van der Waals surface area contributed by atoms with Gasteiger partial charge in [-0.15, -0.1) is 0 Å². The van der Waals surface area contributed by atoms with Gasteiger partial charge in [-0.05, 0) is 36.8 Å². The predicted molar refractivity (Wildman–Crippen MR) is 96.3 cm³/mol. The summed E-state index contributed by atoms with van der Waals surface area (Å²) in [6.45, 7) is 2.52. The summed E-state index contributed by atoms with van der Waals surface area (Å²) in [6, 6.07) is 21.5. The maximum atomic E-state index is 12.3. The van der Waals surface area contributed by atoms with Gasteiger partial charge < -0.3 is 10.6 Å². The van der Waals surface area contributed by atoms with E-state index in [2.05, 4.69) is 15.6 Å². The number of hydrogen-bond donors (Lipinski definition) is 2. The third-order valence-electron chi connectivity index (χ3n) is 3.63. The van der Waals surface area contributed by atoms with Gasteiger partial charge in [0.2, 0.25) is 0 Å². The Morgan fingerprint density at radius 3 is 2.46 bits per heavy atom. The first kappa shape index (κ1) is 15.7. The zero-order chi connectivity index (χ0) is 16.8. The molecule has 1 heterocycles. The van der Waals surface area contributed by atoms with Crippen molar-refractivity contribution in [3.8, 4) is 0 Å². The van der Waals surface area contributed by atoms with Crippen LogP contribution in [0.1, 0.15) is 21.6 Å². The van der Waals surface area contributed by atoms with Crippen molar-refractivity contribution in [1.29, 1.82) is 0 Å². The number of benzene rings is 2. The fourth-order valence-electron chi connectivity index (χ4n) is 2.30. The Balaban J connectivity index is 1.64. The Labute approximate surface area is 141 Å². The SMILES string of the molecule is Cc1ccc(CNC(=O)c2cc(Nc3ccccc3)ccn2)cc1. The van der Waals surface area contributed by atoms with Crippen LogP contribution in [-0.2, 0) is 6.54 Å². The molecule has 0 saturated carbocycles. The minimum Gasteiger partial charge on any atom is -0.355 e. The van der Waals surface area contributed by atoms with Gasteiger partial charge in [0.1, 0.15) is 5.69 Å². The van der Waals surface area contributed by atoms with Gasteiger partial charge >= 0.3 is 0 Å². The minimum atomic E-state index is -0.188. The molecule has 0 saturated heterocycles. The summed E-state index contributed by atoms with van der Waals surface area (Å²) < 4.78 is 0. The molecule has 2 N–H and O–H groups in total. The van der Waals surface area contributed by atoms with Crippen molar-refractivity contribution < 1.29 is 4.79 Å². The monoisotopic (exact) mass is 317 g/mol. The Kier molecular flexibility index (Phi) is 4.87. The largest absolute Gasteiger partial charge is 0.355 e. The van der Waals surface area contributed by atoms with Crippen LogP contribution in [0.2, 0.25) is 0 Å². The average molecular weight is 317 g/mol. The first-order valence-corrected chi connectivity index (χ1v) is 7.82. The number of anilines is 2. The number of aromatic nitrogens is 1. The quantitative estimate of drug-likeness (QED) is 0.746. The molecule has 3 rings (SSSR count). The minimum absolute atomic E-state index is 0.188. The van der Waals surface area contributed by atoms with Crippen molar-refractivity contribution in [2.24, 2.45) is 0 Å². The summed E-state index contributed by atoms with van der Waals surface area (Å²) in [5.41, 5.74) is 4.45. The highest BCUT2D eigenvalue weighted by Gasteiger charge is 2.08. The first-order valence-electron chi connectivity index (χ1n) is 7.82. The van der Waals surface area contributed by atoms with Gasteiger partial charge in [0, 0.05) is 24.1 Å². The molecule has 4 heteroatoms. The second-order valence-electron chi connectivity index (χ2n) is 5.59. The number of amides is 1. The van der Waals surface area contributed by atoms with Crippen LogP contribution in [0.15, 0.2) is 72.9 Å². The summed E-state index contributed by atoms with van der Waals surface area (Å²) in [6.07, 6.45) is 1.63. The summed E-state index contributed by atoms with van der Waals surface area (Å²) in [4.78, 5) is 16.4. The summed E-state index contributed by atoms with van der Waals surface area (Å²) >= 11 is 0. The number of nitrogens with zero attached hydrogens (tertiary/aromatic N) is 1. The third kappa shape index (κ3) is 4.20. The molecule has 0 aliphatic carbocycles. The molecule has 0 atom stereocenters. The van der Waals surface area contributed by atoms with E-state index in [0.717, 1.165) is 16.9 Å². The van der Waals surface area contributed by atoms with Gasteiger partial charge in [-0.2, -0.15) is 0 Å². The first-order chi connectivity index (χ1) is 11.7. The maximum absolute atomic E-state index is 12.3. The van der Waals surface area contributed by atoms with Crippen molar-refractivity contribution in [1.82, 2.24) is 10.3 Å². The Morgan fingerprint density at radius 2 is 1.71 bits per heavy atom. The fourth-order valence-corrected chi connectivity index (χ4v) is 2.30. The average Bonchev–Trinajstić information content (AvgIpc) is 2.62. The van der Waals surface area contributed by atoms with Crippen LogP contribution in [0.5, 0.6) is 0 Å². The molecule has 0 radical (unpaired) electrons. The van der Waals surface area contributed by atoms with E-state index in [-0.39, 0.29) is 5.91 Å². The van der Waals surface area contributed by atoms with Crippen molar-refractivity contribution in [3.63, 3.8) is 0 Å². The molecular formula is C20H19N3O. The van der Waals surface area contributed by atoms with Crippen LogP contribution in [0.3, 0.4) is 0 Å². The number of aryl methyl sites for hydroxylation is 1. The van der Waals surface area contributed by atoms with E-state index in [9.17, 15) is 4.79 Å². The molecule has 0 bridgehead atoms. The van der Waals surface area contributed by atoms with E-state index in [1.807, 2.05) is 67.6 Å². The number of pyridine rings is 1. The van der Waals surface area contributed by atoms with Crippen LogP contribution in [-0.4, -0.2) is 10.9 Å². The van der Waals surface area contributed by atoms with E-state index in [4.69, 9.17) is 0 Å². The molecule has 1 aromatic heterocycles. The Hall–Kier alpha value is -3.14. The molecule has 0 aliphatic rings. The Morgan fingerprint density at radius 1 is 0.958 bits per heavy atom. The molecule has 24 heavy (non-hydrogen) atoms. The zero-order valence-electron chi connectivity index (χ0n) is 13.5. The number of hydrogen-bond acceptors (Lipinski definition) is 3. The summed E-state index contributed by atoms with van der Waals surface area (Å²) in [7, 11) is 0. The smallest absolute Gasteiger partial charge is 0.270 e. The van der Waals surface area contributed by atoms with Crippen LogP contribution in [0.4, 0.5) is 11.4 Å². The van der Waals surface area contributed by atoms with Crippen molar-refractivity contribution in [3.05, 3.63) is 89.7 Å². The number of carbonyl (C=O) groups is 1. The molecular weight excluding hydrogens is 298 g/mol. The van der Waals surface area contributed by atoms with Crippen molar-refractivity contribution in [2.75, 3.05) is 5.32 Å². The van der Waals surface area contributed by atoms with Gasteiger partial charge in [0.05, 0.1) is 0 Å². The normalized spacial score (nSPS) is 10.2. The summed E-state index contributed by atoms with van der Waals surface area (Å²) in [5.74, 6) is -0.188. The highest BCUT2D eigenvalue weighted by Crippen LogP contribution is 2.16. The van der Waals surface area contributed by atoms with Crippen LogP contribution in [0, 0.1) is 6.92 Å². The van der Waals surface area contributed by atoms with Crippen LogP contribution in [0.25, 0.3) is 0 Å². The zero-order valence-corrected chi connectivity index (χ0v) is 13.5. The van der Waals surface area contributed by atoms with Gasteiger partial charge in [0.25, 0.3) is 5.91 Å². The van der Waals surface area contributed by atoms with Crippen molar-refractivity contribution in [2.45, 2.75) is 13.5 Å². The van der Waals surface area contributed by atoms with Crippen LogP contribution >= 0.6 is 0 Å². The summed E-state index contributed by atoms with van der Waals surface area (Å²) in [5, 5.41) is 6.16. The van der Waals surface area contributed by atoms with Gasteiger partial charge in [-0.25, -0.2) is 0 Å². The fraction of sp³-hybridized carbons (Fsp3) is 0.100. The standard InChI is InChI=1S/C20H19N3O/c1-15-7-9-16(10-8-15)14-22-20(24)19-13-18(11-12-21-19)23-17-5-3-2-4-6-17/h2-13H,14H2,1H3,(H,21,23)(H,22,24). The van der Waals surface area contributed by atoms with Gasteiger partial charge in [0.15, 0.2) is 0 Å². The predicted octanol–water partition coefficient (Wildman–Crippen LogP) is 4.06. The van der Waals surface area contributed by atoms with E-state index in [1.54, 1.807) is 12.3 Å². The molecule has 0 spiro atoms. The molecule has 2 aromatic carbocycles. The number of para-hydroxylation sites is 1. The molecule has 1 amide bonds. The number of carbonyl (C=O) groups excluding carboxylic acids is 1. The molecule has 3 aromatic rings. The van der Waals surface area contributed by atoms with Crippen LogP contribution < -0.4 is 10.6 Å². The van der Waals surface area contributed by atoms with E-state index in [0.29, 0.717) is 12.2 Å². The lowest BCUT2D eigenvalue weighted by Crippen LogP contribution is -2.23. The van der Waals surface area contributed by atoms with E-state index < -0.39 is 0 Å². The third-order valence-corrected chi connectivity index (χ3v) is 3.63. The molecule has 0 aliphatic heterocycles. The topological polar surface area (TPSA) is 54.0 Å². The second kappa shape index (κ2) is 7.42. The number of rotatable bonds is 5. The lowest BCUT2D eigenvalue weighted by atomic mass is 10.1. The molecule has 0 fully saturated rings. The highest BCUT2D eigenvalue weighted by molar-refractivity contribution is 5.93. The van der Waals surface area contributed by atoms with Gasteiger partial charge in [-0.1, -0.05) is 48.0 Å². The molecule has 120 valence electrons. The second-order valence-corrected chi connectivity index (χ2v) is 5.59. The maximum Gasteiger partial charge on any atom is 0.270 e. The Bertz CT molecular complexity index is 814. The lowest BCUT2D eigenvalue weighted by molar-refractivity contribution is 0.0946. The molecule has 4 nitrogen and oxygen atoms in total. The van der Waals surface area contributed by atoms with E-state index >= 15 is 0 Å².